The number of Topliss-reactive ketones (excluding diaryl/α,β-unsaturated/α-hetero) is 1. The highest BCUT2D eigenvalue weighted by molar-refractivity contribution is 6.33. The van der Waals surface area contributed by atoms with Crippen LogP contribution >= 0.6 is 0 Å². The summed E-state index contributed by atoms with van der Waals surface area (Å²) in [6, 6.07) is 0. The minimum absolute atomic E-state index is 0.00380. The molecule has 0 aromatic heterocycles. The Morgan fingerprint density at radius 2 is 1.78 bits per heavy atom. The zero-order chi connectivity index (χ0) is 26.6. The molecule has 2 unspecified atom stereocenters. The predicted octanol–water partition coefficient (Wildman–Crippen LogP) is 6.44. The van der Waals surface area contributed by atoms with Crippen LogP contribution in [0.15, 0.2) is 11.8 Å². The van der Waals surface area contributed by atoms with Crippen molar-refractivity contribution < 1.29 is 33.7 Å². The number of carboxylic acids is 1. The summed E-state index contributed by atoms with van der Waals surface area (Å²) in [6.45, 7) is 7.28. The highest BCUT2D eigenvalue weighted by Gasteiger charge is 2.42. The number of ketones is 1. The van der Waals surface area contributed by atoms with Crippen LogP contribution in [0, 0.1) is 23.2 Å². The Balaban J connectivity index is 2.43. The van der Waals surface area contributed by atoms with E-state index in [9.17, 15) is 19.5 Å². The smallest absolute Gasteiger partial charge is 0.372 e. The molecule has 1 aliphatic carbocycles. The molecule has 206 valence electrons. The van der Waals surface area contributed by atoms with E-state index in [-0.39, 0.29) is 23.7 Å². The molecule has 7 heteroatoms. The van der Waals surface area contributed by atoms with Gasteiger partial charge in [-0.1, -0.05) is 46.5 Å². The normalized spacial score (nSPS) is 21.1. The van der Waals surface area contributed by atoms with Crippen LogP contribution in [-0.4, -0.2) is 42.8 Å². The minimum atomic E-state index is -1.39. The molecule has 0 bridgehead atoms. The number of carbonyl (C=O) groups is 3. The monoisotopic (exact) mass is 508 g/mol. The van der Waals surface area contributed by atoms with Gasteiger partial charge in [-0.25, -0.2) is 4.79 Å². The van der Waals surface area contributed by atoms with E-state index in [1.807, 2.05) is 0 Å². The molecule has 0 radical (unpaired) electrons. The van der Waals surface area contributed by atoms with Gasteiger partial charge in [-0.05, 0) is 68.8 Å². The van der Waals surface area contributed by atoms with Crippen LogP contribution < -0.4 is 0 Å². The number of aliphatic carboxylic acids is 1. The lowest BCUT2D eigenvalue weighted by Gasteiger charge is -2.35. The number of allylic oxidation sites excluding steroid dienone is 2. The highest BCUT2D eigenvalue weighted by Crippen LogP contribution is 2.42. The number of rotatable bonds is 16. The lowest BCUT2D eigenvalue weighted by atomic mass is 9.73. The zero-order valence-corrected chi connectivity index (χ0v) is 22.9. The summed E-state index contributed by atoms with van der Waals surface area (Å²) in [5, 5.41) is 9.76. The maximum Gasteiger partial charge on any atom is 0.372 e. The summed E-state index contributed by atoms with van der Waals surface area (Å²) in [7, 11) is 1.36. The van der Waals surface area contributed by atoms with Crippen LogP contribution in [0.25, 0.3) is 0 Å². The van der Waals surface area contributed by atoms with Crippen molar-refractivity contribution in [3.05, 3.63) is 11.8 Å². The van der Waals surface area contributed by atoms with Gasteiger partial charge in [0.1, 0.15) is 0 Å². The van der Waals surface area contributed by atoms with Gasteiger partial charge in [0, 0.05) is 24.7 Å². The SMILES string of the molecule is CCCCC(C)(C)CC=C(O[C@@H]1CCCCO1)C(CCCC(=O)OC)C(C(=O)C(=O)O)C1CCCC1. The van der Waals surface area contributed by atoms with Crippen LogP contribution in [0.4, 0.5) is 0 Å². The van der Waals surface area contributed by atoms with Crippen molar-refractivity contribution in [2.24, 2.45) is 23.2 Å². The number of hydrogen-bond donors (Lipinski definition) is 1. The van der Waals surface area contributed by atoms with Crippen molar-refractivity contribution in [2.45, 2.75) is 117 Å². The number of ether oxygens (including phenoxy) is 3. The van der Waals surface area contributed by atoms with Gasteiger partial charge in [0.2, 0.25) is 5.78 Å². The van der Waals surface area contributed by atoms with E-state index in [2.05, 4.69) is 26.8 Å². The van der Waals surface area contributed by atoms with Gasteiger partial charge in [0.05, 0.1) is 19.5 Å². The first-order valence-electron chi connectivity index (χ1n) is 14.0. The topological polar surface area (TPSA) is 99.1 Å². The Hall–Kier alpha value is -1.89. The van der Waals surface area contributed by atoms with Crippen molar-refractivity contribution >= 4 is 17.7 Å². The number of esters is 1. The fourth-order valence-electron chi connectivity index (χ4n) is 5.63. The summed E-state index contributed by atoms with van der Waals surface area (Å²) in [5.41, 5.74) is 0.0499. The summed E-state index contributed by atoms with van der Waals surface area (Å²) in [5.74, 6) is -2.84. The van der Waals surface area contributed by atoms with E-state index < -0.39 is 29.9 Å². The first-order chi connectivity index (χ1) is 17.2. The fraction of sp³-hybridized carbons (Fsp3) is 0.828. The van der Waals surface area contributed by atoms with Gasteiger partial charge in [-0.2, -0.15) is 0 Å². The molecular weight excluding hydrogens is 460 g/mol. The number of methoxy groups -OCH3 is 1. The van der Waals surface area contributed by atoms with E-state index in [1.54, 1.807) is 0 Å². The second kappa shape index (κ2) is 15.4. The Labute approximate surface area is 217 Å². The van der Waals surface area contributed by atoms with E-state index in [0.717, 1.165) is 70.6 Å². The summed E-state index contributed by atoms with van der Waals surface area (Å²) in [6.07, 6.45) is 13.4. The van der Waals surface area contributed by atoms with Crippen LogP contribution in [0.3, 0.4) is 0 Å². The number of carboxylic acid groups (broad SMARTS) is 1. The van der Waals surface area contributed by atoms with Gasteiger partial charge in [0.15, 0.2) is 6.29 Å². The average Bonchev–Trinajstić information content (AvgIpc) is 3.39. The minimum Gasteiger partial charge on any atom is -0.475 e. The number of unbranched alkanes of at least 4 members (excludes halogenated alkanes) is 1. The maximum absolute atomic E-state index is 13.2. The van der Waals surface area contributed by atoms with Gasteiger partial charge in [-0.15, -0.1) is 0 Å². The van der Waals surface area contributed by atoms with E-state index >= 15 is 0 Å². The Bertz CT molecular complexity index is 730. The fourth-order valence-corrected chi connectivity index (χ4v) is 5.63. The Morgan fingerprint density at radius 3 is 2.36 bits per heavy atom. The molecule has 0 spiro atoms. The molecule has 2 aliphatic rings. The van der Waals surface area contributed by atoms with Gasteiger partial charge in [0.25, 0.3) is 0 Å². The Morgan fingerprint density at radius 1 is 1.08 bits per heavy atom. The second-order valence-electron chi connectivity index (χ2n) is 11.3. The molecule has 0 aromatic rings. The third-order valence-electron chi connectivity index (χ3n) is 7.81. The van der Waals surface area contributed by atoms with Crippen LogP contribution in [0.1, 0.15) is 111 Å². The molecule has 0 amide bonds. The van der Waals surface area contributed by atoms with E-state index in [4.69, 9.17) is 14.2 Å². The second-order valence-corrected chi connectivity index (χ2v) is 11.3. The molecule has 36 heavy (non-hydrogen) atoms. The molecule has 7 nitrogen and oxygen atoms in total. The van der Waals surface area contributed by atoms with Crippen LogP contribution in [0.2, 0.25) is 0 Å². The number of carbonyl (C=O) groups excluding carboxylic acids is 2. The van der Waals surface area contributed by atoms with Crippen LogP contribution in [0.5, 0.6) is 0 Å². The maximum atomic E-state index is 13.2. The summed E-state index contributed by atoms with van der Waals surface area (Å²) >= 11 is 0. The third-order valence-corrected chi connectivity index (χ3v) is 7.81. The molecule has 3 atom stereocenters. The van der Waals surface area contributed by atoms with Gasteiger partial charge >= 0.3 is 11.9 Å². The predicted molar refractivity (Wildman–Crippen MR) is 138 cm³/mol. The van der Waals surface area contributed by atoms with Crippen molar-refractivity contribution in [2.75, 3.05) is 13.7 Å². The molecule has 1 saturated carbocycles. The molecule has 1 heterocycles. The largest absolute Gasteiger partial charge is 0.475 e. The van der Waals surface area contributed by atoms with Crippen molar-refractivity contribution in [1.82, 2.24) is 0 Å². The number of hydrogen-bond acceptors (Lipinski definition) is 6. The quantitative estimate of drug-likeness (QED) is 0.145. The molecule has 0 aromatic carbocycles. The first-order valence-corrected chi connectivity index (χ1v) is 14.0. The van der Waals surface area contributed by atoms with Crippen LogP contribution in [-0.2, 0) is 28.6 Å². The van der Waals surface area contributed by atoms with E-state index in [0.29, 0.717) is 25.2 Å². The third kappa shape index (κ3) is 9.87. The standard InChI is InChI=1S/C29H48O7/c1-5-6-18-29(2,3)19-17-23(36-25-16-9-10-20-35-25)22(14-11-15-24(30)34-4)26(27(31)28(32)33)21-12-7-8-13-21/h17,21-22,25-26H,5-16,18-20H2,1-4H3,(H,32,33)/t22?,25-,26?/m1/s1. The lowest BCUT2D eigenvalue weighted by Crippen LogP contribution is -2.37. The highest BCUT2D eigenvalue weighted by atomic mass is 16.7. The molecule has 1 saturated heterocycles. The molecule has 2 rings (SSSR count). The van der Waals surface area contributed by atoms with E-state index in [1.165, 1.54) is 7.11 Å². The van der Waals surface area contributed by atoms with Crippen molar-refractivity contribution in [3.8, 4) is 0 Å². The average molecular weight is 509 g/mol. The lowest BCUT2D eigenvalue weighted by molar-refractivity contribution is -0.157. The first kappa shape index (κ1) is 30.3. The molecule has 1 aliphatic heterocycles. The van der Waals surface area contributed by atoms with Crippen molar-refractivity contribution in [1.29, 1.82) is 0 Å². The van der Waals surface area contributed by atoms with Crippen molar-refractivity contribution in [3.63, 3.8) is 0 Å². The van der Waals surface area contributed by atoms with Gasteiger partial charge < -0.3 is 19.3 Å². The summed E-state index contributed by atoms with van der Waals surface area (Å²) < 4.78 is 17.2. The van der Waals surface area contributed by atoms with Gasteiger partial charge in [-0.3, -0.25) is 9.59 Å². The summed E-state index contributed by atoms with van der Waals surface area (Å²) in [4.78, 5) is 37.0. The Kier molecular flexibility index (Phi) is 13.0. The molecule has 2 fully saturated rings. The molecular formula is C29H48O7. The zero-order valence-electron chi connectivity index (χ0n) is 22.9. The molecule has 1 N–H and O–H groups in total.